The topological polar surface area (TPSA) is 117 Å². The fourth-order valence-corrected chi connectivity index (χ4v) is 4.16. The molecule has 0 bridgehead atoms. The van der Waals surface area contributed by atoms with Crippen molar-refractivity contribution in [2.45, 2.75) is 13.1 Å². The van der Waals surface area contributed by atoms with E-state index < -0.39 is 18.1 Å². The first-order valence-corrected chi connectivity index (χ1v) is 11.7. The summed E-state index contributed by atoms with van der Waals surface area (Å²) in [6.07, 6.45) is -5.19. The third kappa shape index (κ3) is 6.37. The maximum Gasteiger partial charge on any atom is 0.430 e. The number of halogens is 3. The van der Waals surface area contributed by atoms with Gasteiger partial charge in [0.1, 0.15) is 31.0 Å². The van der Waals surface area contributed by atoms with E-state index in [-0.39, 0.29) is 12.2 Å². The first kappa shape index (κ1) is 29.2. The summed E-state index contributed by atoms with van der Waals surface area (Å²) >= 11 is 0. The SMILES string of the molecule is Cc1cc2c(-c3ccccc3C(=O)O)c3ccc(N(C)C)cc3oc-2cc1=[N+](C)CCO.O=C([O-])C(F)(F)F. The Morgan fingerprint density at radius 1 is 1.05 bits per heavy atom. The van der Waals surface area contributed by atoms with Crippen LogP contribution in [0.4, 0.5) is 18.9 Å². The molecule has 0 spiro atoms. The number of aliphatic carboxylic acids is 1. The van der Waals surface area contributed by atoms with E-state index in [1.165, 1.54) is 0 Å². The summed E-state index contributed by atoms with van der Waals surface area (Å²) in [4.78, 5) is 22.8. The average Bonchev–Trinajstić information content (AvgIpc) is 2.86. The van der Waals surface area contributed by atoms with Crippen molar-refractivity contribution >= 4 is 28.6 Å². The number of carbonyl (C=O) groups excluding carboxylic acids is 1. The zero-order valence-electron chi connectivity index (χ0n) is 21.7. The predicted octanol–water partition coefficient (Wildman–Crippen LogP) is 2.97. The molecule has 11 heteroatoms. The third-order valence-electron chi connectivity index (χ3n) is 6.04. The molecule has 0 unspecified atom stereocenters. The number of hydrogen-bond acceptors (Lipinski definition) is 6. The van der Waals surface area contributed by atoms with Gasteiger partial charge in [-0.15, -0.1) is 0 Å². The van der Waals surface area contributed by atoms with E-state index in [4.69, 9.17) is 14.3 Å². The number of aryl methyl sites for hydroxylation is 1. The number of likely N-dealkylation sites (N-methyl/N-ethyl adjacent to an activating group) is 1. The standard InChI is InChI=1S/C26H26N2O4.C2HF3O2/c1-16-13-21-24(15-22(16)28(4)11-12-29)32-23-14-17(27(2)3)9-10-20(23)25(21)18-7-5-6-8-19(18)26(30)31;3-2(4,5)1(6)7/h5-10,13-15,29H,11-12H2,1-4H3;(H,6,7). The van der Waals surface area contributed by atoms with Gasteiger partial charge in [0.2, 0.25) is 5.36 Å². The number of benzene rings is 3. The second-order valence-electron chi connectivity index (χ2n) is 8.97. The molecule has 4 rings (SSSR count). The minimum Gasteiger partial charge on any atom is -0.542 e. The smallest absolute Gasteiger partial charge is 0.430 e. The quantitative estimate of drug-likeness (QED) is 0.293. The molecule has 0 saturated carbocycles. The number of alkyl halides is 3. The van der Waals surface area contributed by atoms with E-state index >= 15 is 0 Å². The molecule has 2 aromatic rings. The number of carboxylic acids is 2. The molecule has 8 nitrogen and oxygen atoms in total. The van der Waals surface area contributed by atoms with Gasteiger partial charge in [-0.2, -0.15) is 13.2 Å². The summed E-state index contributed by atoms with van der Waals surface area (Å²) in [7, 11) is 5.86. The molecule has 2 aliphatic rings. The highest BCUT2D eigenvalue weighted by atomic mass is 19.4. The molecule has 0 atom stereocenters. The van der Waals surface area contributed by atoms with Gasteiger partial charge in [-0.3, -0.25) is 0 Å². The van der Waals surface area contributed by atoms with Gasteiger partial charge in [-0.25, -0.2) is 9.37 Å². The first-order chi connectivity index (χ1) is 18.3. The Balaban J connectivity index is 0.000000532. The number of nitrogens with zero attached hydrogens (tertiary/aromatic N) is 2. The van der Waals surface area contributed by atoms with Crippen LogP contribution in [0.2, 0.25) is 0 Å². The number of carbonyl (C=O) groups is 2. The monoisotopic (exact) mass is 544 g/mol. The molecule has 39 heavy (non-hydrogen) atoms. The zero-order chi connectivity index (χ0) is 29.1. The zero-order valence-corrected chi connectivity index (χ0v) is 21.7. The number of rotatable bonds is 5. The lowest BCUT2D eigenvalue weighted by molar-refractivity contribution is -0.344. The van der Waals surface area contributed by atoms with E-state index in [0.717, 1.165) is 33.1 Å². The van der Waals surface area contributed by atoms with Gasteiger partial charge >= 0.3 is 12.1 Å². The van der Waals surface area contributed by atoms with Crippen LogP contribution in [0.1, 0.15) is 15.9 Å². The molecule has 0 aromatic heterocycles. The number of hydrogen-bond donors (Lipinski definition) is 2. The summed E-state index contributed by atoms with van der Waals surface area (Å²) < 4.78 is 39.9. The van der Waals surface area contributed by atoms with E-state index in [0.29, 0.717) is 23.5 Å². The van der Waals surface area contributed by atoms with Gasteiger partial charge in [-0.05, 0) is 36.8 Å². The van der Waals surface area contributed by atoms with E-state index in [1.54, 1.807) is 12.1 Å². The second-order valence-corrected chi connectivity index (χ2v) is 8.97. The Kier molecular flexibility index (Phi) is 8.65. The Morgan fingerprint density at radius 3 is 2.26 bits per heavy atom. The van der Waals surface area contributed by atoms with E-state index in [9.17, 15) is 28.2 Å². The number of anilines is 1. The molecule has 1 aliphatic carbocycles. The summed E-state index contributed by atoms with van der Waals surface area (Å²) in [6.45, 7) is 2.56. The number of aromatic carboxylic acids is 1. The lowest BCUT2D eigenvalue weighted by Gasteiger charge is -2.19. The van der Waals surface area contributed by atoms with Gasteiger partial charge < -0.3 is 29.4 Å². The molecule has 0 fully saturated rings. The second kappa shape index (κ2) is 11.6. The van der Waals surface area contributed by atoms with Crippen molar-refractivity contribution in [2.75, 3.05) is 39.2 Å². The molecule has 206 valence electrons. The van der Waals surface area contributed by atoms with E-state index in [1.807, 2.05) is 80.0 Å². The molecule has 1 heterocycles. The summed E-state index contributed by atoms with van der Waals surface area (Å²) in [5.74, 6) is -3.31. The number of carboxylic acid groups (broad SMARTS) is 2. The highest BCUT2D eigenvalue weighted by molar-refractivity contribution is 6.07. The van der Waals surface area contributed by atoms with Crippen LogP contribution in [0.3, 0.4) is 0 Å². The van der Waals surface area contributed by atoms with Crippen LogP contribution in [0.15, 0.2) is 59.0 Å². The largest absolute Gasteiger partial charge is 0.542 e. The van der Waals surface area contributed by atoms with Crippen LogP contribution >= 0.6 is 0 Å². The normalized spacial score (nSPS) is 12.1. The minimum absolute atomic E-state index is 0.0479. The minimum atomic E-state index is -5.19. The number of aliphatic hydroxyl groups excluding tert-OH is 1. The Labute approximate surface area is 221 Å². The number of fused-ring (bicyclic) bond motifs is 2. The maximum atomic E-state index is 12.0. The fourth-order valence-electron chi connectivity index (χ4n) is 4.16. The van der Waals surface area contributed by atoms with E-state index in [2.05, 4.69) is 0 Å². The molecular weight excluding hydrogens is 517 g/mol. The van der Waals surface area contributed by atoms with Crippen LogP contribution in [0, 0.1) is 6.92 Å². The molecule has 0 saturated heterocycles. The molecule has 0 radical (unpaired) electrons. The number of aliphatic hydroxyl groups is 1. The molecule has 2 aromatic carbocycles. The summed E-state index contributed by atoms with van der Waals surface area (Å²) in [5, 5.41) is 29.8. The molecule has 0 amide bonds. The highest BCUT2D eigenvalue weighted by Gasteiger charge is 2.29. The third-order valence-corrected chi connectivity index (χ3v) is 6.04. The predicted molar refractivity (Wildman–Crippen MR) is 139 cm³/mol. The summed E-state index contributed by atoms with van der Waals surface area (Å²) in [6, 6.07) is 17.0. The van der Waals surface area contributed by atoms with Crippen molar-refractivity contribution < 1.29 is 42.5 Å². The Bertz CT molecular complexity index is 1570. The molecule has 1 aliphatic heterocycles. The summed E-state index contributed by atoms with van der Waals surface area (Å²) in [5.41, 5.74) is 5.27. The first-order valence-electron chi connectivity index (χ1n) is 11.7. The van der Waals surface area contributed by atoms with Gasteiger partial charge in [0, 0.05) is 47.9 Å². The molecule has 2 N–H and O–H groups in total. The Hall–Kier alpha value is -4.38. The van der Waals surface area contributed by atoms with Crippen molar-refractivity contribution in [3.8, 4) is 22.5 Å². The average molecular weight is 545 g/mol. The van der Waals surface area contributed by atoms with Gasteiger partial charge in [-0.1, -0.05) is 18.2 Å². The van der Waals surface area contributed by atoms with Gasteiger partial charge in [0.25, 0.3) is 0 Å². The lowest BCUT2D eigenvalue weighted by atomic mass is 9.90. The van der Waals surface area contributed by atoms with Crippen LogP contribution in [0.25, 0.3) is 33.4 Å². The van der Waals surface area contributed by atoms with Crippen molar-refractivity contribution in [1.29, 1.82) is 0 Å². The van der Waals surface area contributed by atoms with Crippen molar-refractivity contribution in [2.24, 2.45) is 0 Å². The van der Waals surface area contributed by atoms with Gasteiger partial charge in [0.05, 0.1) is 11.6 Å². The van der Waals surface area contributed by atoms with Crippen LogP contribution in [-0.2, 0) is 4.79 Å². The fraction of sp³-hybridized carbons (Fsp3) is 0.250. The maximum absolute atomic E-state index is 12.0. The van der Waals surface area contributed by atoms with Gasteiger partial charge in [0.15, 0.2) is 6.54 Å². The molecular formula is C28H27F3N2O6. The van der Waals surface area contributed by atoms with Crippen molar-refractivity contribution in [3.05, 3.63) is 71.1 Å². The Morgan fingerprint density at radius 2 is 1.69 bits per heavy atom. The van der Waals surface area contributed by atoms with Crippen molar-refractivity contribution in [3.63, 3.8) is 0 Å². The highest BCUT2D eigenvalue weighted by Crippen LogP contribution is 2.42. The lowest BCUT2D eigenvalue weighted by Crippen LogP contribution is -2.37. The van der Waals surface area contributed by atoms with Crippen LogP contribution in [0.5, 0.6) is 0 Å². The van der Waals surface area contributed by atoms with Crippen LogP contribution < -0.4 is 19.9 Å². The van der Waals surface area contributed by atoms with Crippen molar-refractivity contribution in [1.82, 2.24) is 4.58 Å². The van der Waals surface area contributed by atoms with Crippen LogP contribution in [-0.4, -0.2) is 62.6 Å².